The average Bonchev–Trinajstić information content (AvgIpc) is 3.13. The lowest BCUT2D eigenvalue weighted by Gasteiger charge is -2.20. The first kappa shape index (κ1) is 16.1. The number of amides is 1. The second kappa shape index (κ2) is 6.04. The molecular weight excluding hydrogens is 340 g/mol. The molecule has 23 heavy (non-hydrogen) atoms. The predicted octanol–water partition coefficient (Wildman–Crippen LogP) is 0.884. The van der Waals surface area contributed by atoms with Gasteiger partial charge in [-0.25, -0.2) is 18.1 Å². The number of hydrogen-bond acceptors (Lipinski definition) is 7. The van der Waals surface area contributed by atoms with Crippen LogP contribution in [0.3, 0.4) is 0 Å². The summed E-state index contributed by atoms with van der Waals surface area (Å²) in [5, 5.41) is 2.84. The zero-order valence-electron chi connectivity index (χ0n) is 12.6. The lowest BCUT2D eigenvalue weighted by atomic mass is 10.2. The summed E-state index contributed by atoms with van der Waals surface area (Å²) >= 11 is 1.42. The van der Waals surface area contributed by atoms with Gasteiger partial charge in [-0.3, -0.25) is 10.1 Å². The number of sulfonamides is 1. The first-order chi connectivity index (χ1) is 10.9. The van der Waals surface area contributed by atoms with Crippen molar-refractivity contribution in [2.75, 3.05) is 26.0 Å². The van der Waals surface area contributed by atoms with Gasteiger partial charge < -0.3 is 9.32 Å². The van der Waals surface area contributed by atoms with E-state index in [2.05, 4.69) is 19.9 Å². The van der Waals surface area contributed by atoms with Gasteiger partial charge in [-0.1, -0.05) is 0 Å². The van der Waals surface area contributed by atoms with E-state index in [9.17, 15) is 13.2 Å². The summed E-state index contributed by atoms with van der Waals surface area (Å²) in [5.41, 5.74) is 1.00. The van der Waals surface area contributed by atoms with E-state index < -0.39 is 15.9 Å². The van der Waals surface area contributed by atoms with Crippen molar-refractivity contribution < 1.29 is 17.6 Å². The van der Waals surface area contributed by atoms with E-state index >= 15 is 0 Å². The number of furan rings is 1. The normalized spacial score (nSPS) is 15.4. The van der Waals surface area contributed by atoms with Crippen LogP contribution in [0.2, 0.25) is 0 Å². The molecule has 10 heteroatoms. The monoisotopic (exact) mass is 356 g/mol. The van der Waals surface area contributed by atoms with Crippen LogP contribution < -0.4 is 10.0 Å². The summed E-state index contributed by atoms with van der Waals surface area (Å²) in [5.74, 6) is -0.605. The molecule has 0 fully saturated rings. The summed E-state index contributed by atoms with van der Waals surface area (Å²) in [4.78, 5) is 19.9. The van der Waals surface area contributed by atoms with E-state index in [-0.39, 0.29) is 10.9 Å². The number of anilines is 1. The second-order valence-corrected chi connectivity index (χ2v) is 8.06. The van der Waals surface area contributed by atoms with Crippen LogP contribution in [-0.4, -0.2) is 44.8 Å². The van der Waals surface area contributed by atoms with E-state index in [1.807, 2.05) is 7.05 Å². The standard InChI is InChI=1S/C13H16N4O4S2/c1-14-23(19,20)11-4-3-9(21-11)12(18)16-13-15-8-5-6-17(2)7-10(8)22-13/h3-4,14H,5-7H2,1-2H3,(H,15,16,18). The molecule has 1 aliphatic rings. The molecule has 0 aromatic carbocycles. The first-order valence-corrected chi connectivity index (χ1v) is 9.21. The Bertz CT molecular complexity index is 840. The Morgan fingerprint density at radius 3 is 2.96 bits per heavy atom. The maximum absolute atomic E-state index is 12.2. The Kier molecular flexibility index (Phi) is 4.23. The molecule has 0 unspecified atom stereocenters. The summed E-state index contributed by atoms with van der Waals surface area (Å²) < 4.78 is 30.4. The van der Waals surface area contributed by atoms with Gasteiger partial charge in [0, 0.05) is 24.4 Å². The highest BCUT2D eigenvalue weighted by atomic mass is 32.2. The zero-order chi connectivity index (χ0) is 16.6. The van der Waals surface area contributed by atoms with Crippen molar-refractivity contribution in [3.05, 3.63) is 28.5 Å². The minimum absolute atomic E-state index is 0.0795. The molecule has 8 nitrogen and oxygen atoms in total. The summed E-state index contributed by atoms with van der Waals surface area (Å²) in [7, 11) is -0.400. The van der Waals surface area contributed by atoms with Crippen LogP contribution in [0.15, 0.2) is 21.6 Å². The van der Waals surface area contributed by atoms with Crippen LogP contribution in [0.25, 0.3) is 0 Å². The van der Waals surface area contributed by atoms with Gasteiger partial charge in [-0.15, -0.1) is 11.3 Å². The van der Waals surface area contributed by atoms with Crippen molar-refractivity contribution in [3.8, 4) is 0 Å². The highest BCUT2D eigenvalue weighted by Crippen LogP contribution is 2.28. The number of thiazole rings is 1. The molecule has 2 aromatic rings. The number of nitrogens with zero attached hydrogens (tertiary/aromatic N) is 2. The topological polar surface area (TPSA) is 105 Å². The molecule has 0 radical (unpaired) electrons. The van der Waals surface area contributed by atoms with Gasteiger partial charge >= 0.3 is 0 Å². The van der Waals surface area contributed by atoms with Crippen molar-refractivity contribution in [1.29, 1.82) is 0 Å². The first-order valence-electron chi connectivity index (χ1n) is 6.91. The van der Waals surface area contributed by atoms with E-state index in [1.54, 1.807) is 0 Å². The molecule has 0 saturated heterocycles. The van der Waals surface area contributed by atoms with Crippen LogP contribution in [0.4, 0.5) is 5.13 Å². The minimum atomic E-state index is -3.71. The van der Waals surface area contributed by atoms with Gasteiger partial charge in [-0.05, 0) is 26.2 Å². The van der Waals surface area contributed by atoms with E-state index in [0.29, 0.717) is 5.13 Å². The molecule has 1 amide bonds. The van der Waals surface area contributed by atoms with E-state index in [4.69, 9.17) is 4.42 Å². The van der Waals surface area contributed by atoms with Crippen molar-refractivity contribution in [1.82, 2.24) is 14.6 Å². The van der Waals surface area contributed by atoms with Gasteiger partial charge in [0.2, 0.25) is 5.09 Å². The van der Waals surface area contributed by atoms with Crippen molar-refractivity contribution in [2.24, 2.45) is 0 Å². The molecule has 2 N–H and O–H groups in total. The summed E-state index contributed by atoms with van der Waals surface area (Å²) in [6.45, 7) is 1.75. The third-order valence-corrected chi connectivity index (χ3v) is 5.77. The molecule has 0 bridgehead atoms. The van der Waals surface area contributed by atoms with Gasteiger partial charge in [0.1, 0.15) is 0 Å². The van der Waals surface area contributed by atoms with Crippen LogP contribution in [-0.2, 0) is 23.0 Å². The highest BCUT2D eigenvalue weighted by molar-refractivity contribution is 7.89. The Labute approximate surface area is 137 Å². The predicted molar refractivity (Wildman–Crippen MR) is 85.1 cm³/mol. The van der Waals surface area contributed by atoms with Gasteiger partial charge in [0.25, 0.3) is 15.9 Å². The minimum Gasteiger partial charge on any atom is -0.438 e. The van der Waals surface area contributed by atoms with Gasteiger partial charge in [0.15, 0.2) is 10.9 Å². The van der Waals surface area contributed by atoms with E-state index in [1.165, 1.54) is 30.5 Å². The third kappa shape index (κ3) is 3.29. The van der Waals surface area contributed by atoms with E-state index in [0.717, 1.165) is 30.1 Å². The molecular formula is C13H16N4O4S2. The summed E-state index contributed by atoms with van der Waals surface area (Å²) in [6, 6.07) is 2.56. The van der Waals surface area contributed by atoms with Crippen LogP contribution in [0.5, 0.6) is 0 Å². The van der Waals surface area contributed by atoms with Crippen molar-refractivity contribution in [3.63, 3.8) is 0 Å². The number of likely N-dealkylation sites (N-methyl/N-ethyl adjacent to an activating group) is 1. The van der Waals surface area contributed by atoms with Gasteiger partial charge in [-0.2, -0.15) is 0 Å². The fourth-order valence-electron chi connectivity index (χ4n) is 2.22. The number of carbonyl (C=O) groups is 1. The molecule has 3 rings (SSSR count). The van der Waals surface area contributed by atoms with Crippen LogP contribution in [0.1, 0.15) is 21.1 Å². The quantitative estimate of drug-likeness (QED) is 0.843. The van der Waals surface area contributed by atoms with Crippen LogP contribution >= 0.6 is 11.3 Å². The average molecular weight is 356 g/mol. The number of nitrogens with one attached hydrogen (secondary N) is 2. The largest absolute Gasteiger partial charge is 0.438 e. The molecule has 0 saturated carbocycles. The zero-order valence-corrected chi connectivity index (χ0v) is 14.3. The number of fused-ring (bicyclic) bond motifs is 1. The molecule has 0 aliphatic carbocycles. The fourth-order valence-corrected chi connectivity index (χ4v) is 3.95. The summed E-state index contributed by atoms with van der Waals surface area (Å²) in [6.07, 6.45) is 0.851. The third-order valence-electron chi connectivity index (χ3n) is 3.48. The molecule has 0 atom stereocenters. The van der Waals surface area contributed by atoms with Crippen molar-refractivity contribution >= 4 is 32.4 Å². The maximum Gasteiger partial charge on any atom is 0.293 e. The van der Waals surface area contributed by atoms with Crippen molar-refractivity contribution in [2.45, 2.75) is 18.1 Å². The molecule has 0 spiro atoms. The second-order valence-electron chi connectivity index (χ2n) is 5.16. The molecule has 124 valence electrons. The SMILES string of the molecule is CNS(=O)(=O)c1ccc(C(=O)Nc2nc3c(s2)CN(C)CC3)o1. The van der Waals surface area contributed by atoms with Crippen LogP contribution in [0, 0.1) is 0 Å². The fraction of sp³-hybridized carbons (Fsp3) is 0.385. The molecule has 1 aliphatic heterocycles. The highest BCUT2D eigenvalue weighted by Gasteiger charge is 2.22. The maximum atomic E-state index is 12.2. The van der Waals surface area contributed by atoms with Gasteiger partial charge in [0.05, 0.1) is 5.69 Å². The number of rotatable bonds is 4. The molecule has 2 aromatic heterocycles. The Hall–Kier alpha value is -1.75. The Morgan fingerprint density at radius 1 is 1.43 bits per heavy atom. The lowest BCUT2D eigenvalue weighted by Crippen LogP contribution is -2.25. The molecule has 3 heterocycles. The smallest absolute Gasteiger partial charge is 0.293 e. The number of aromatic nitrogens is 1. The Balaban J connectivity index is 1.75. The Morgan fingerprint density at radius 2 is 2.22 bits per heavy atom. The number of hydrogen-bond donors (Lipinski definition) is 2. The number of carbonyl (C=O) groups excluding carboxylic acids is 1. The lowest BCUT2D eigenvalue weighted by molar-refractivity contribution is 0.0991.